The summed E-state index contributed by atoms with van der Waals surface area (Å²) in [5, 5.41) is 3.04. The minimum absolute atomic E-state index is 0.111. The molecule has 0 spiro atoms. The van der Waals surface area contributed by atoms with Crippen LogP contribution < -0.4 is 10.2 Å². The van der Waals surface area contributed by atoms with E-state index in [2.05, 4.69) is 40.4 Å². The highest BCUT2D eigenvalue weighted by Crippen LogP contribution is 2.27. The molecule has 0 bridgehead atoms. The van der Waals surface area contributed by atoms with E-state index < -0.39 is 0 Å². The normalized spacial score (nSPS) is 15.1. The van der Waals surface area contributed by atoms with Crippen LogP contribution in [-0.4, -0.2) is 44.0 Å². The standard InChI is InChI=1S/C26H27N3O/c1-28-16-18-29(19-17-28)25-15-9-8-12-22(25)20-24(21-10-4-2-5-11-21)26(30)27-23-13-6-3-7-14-23/h2-15,20H,16-19H2,1H3,(H,27,30). The SMILES string of the molecule is CN1CCN(c2ccccc2C=C(C(=O)Nc2ccccc2)c2ccccc2)CC1. The fourth-order valence-corrected chi connectivity index (χ4v) is 3.72. The molecule has 0 aliphatic carbocycles. The molecule has 0 aromatic heterocycles. The quantitative estimate of drug-likeness (QED) is 0.504. The van der Waals surface area contributed by atoms with Crippen LogP contribution >= 0.6 is 0 Å². The number of nitrogens with one attached hydrogen (secondary N) is 1. The third kappa shape index (κ3) is 4.78. The van der Waals surface area contributed by atoms with Crippen LogP contribution in [0.1, 0.15) is 11.1 Å². The molecule has 1 aliphatic rings. The second-order valence-corrected chi connectivity index (χ2v) is 7.59. The zero-order chi connectivity index (χ0) is 20.8. The number of amides is 1. The lowest BCUT2D eigenvalue weighted by Crippen LogP contribution is -2.44. The average molecular weight is 398 g/mol. The predicted octanol–water partition coefficient (Wildman–Crippen LogP) is 4.62. The number of rotatable bonds is 5. The van der Waals surface area contributed by atoms with Crippen molar-refractivity contribution in [3.8, 4) is 0 Å². The summed E-state index contributed by atoms with van der Waals surface area (Å²) in [6.45, 7) is 4.05. The predicted molar refractivity (Wildman–Crippen MR) is 126 cm³/mol. The van der Waals surface area contributed by atoms with Crippen molar-refractivity contribution in [2.45, 2.75) is 0 Å². The average Bonchev–Trinajstić information content (AvgIpc) is 2.79. The first kappa shape index (κ1) is 19.9. The number of benzene rings is 3. The Bertz CT molecular complexity index is 1010. The lowest BCUT2D eigenvalue weighted by atomic mass is 10.0. The summed E-state index contributed by atoms with van der Waals surface area (Å²) < 4.78 is 0. The van der Waals surface area contributed by atoms with Gasteiger partial charge < -0.3 is 15.1 Å². The topological polar surface area (TPSA) is 35.6 Å². The summed E-state index contributed by atoms with van der Waals surface area (Å²) in [6.07, 6.45) is 2.02. The van der Waals surface area contributed by atoms with Gasteiger partial charge in [0.25, 0.3) is 5.91 Å². The van der Waals surface area contributed by atoms with Crippen molar-refractivity contribution in [1.29, 1.82) is 0 Å². The van der Waals surface area contributed by atoms with Gasteiger partial charge in [-0.1, -0.05) is 66.7 Å². The van der Waals surface area contributed by atoms with Gasteiger partial charge in [-0.25, -0.2) is 0 Å². The van der Waals surface area contributed by atoms with Gasteiger partial charge in [-0.15, -0.1) is 0 Å². The van der Waals surface area contributed by atoms with Crippen LogP contribution in [0.3, 0.4) is 0 Å². The summed E-state index contributed by atoms with van der Waals surface area (Å²) in [5.41, 5.74) is 4.58. The molecule has 4 nitrogen and oxygen atoms in total. The molecule has 0 atom stereocenters. The molecule has 1 saturated heterocycles. The number of para-hydroxylation sites is 2. The smallest absolute Gasteiger partial charge is 0.256 e. The molecule has 1 aliphatic heterocycles. The van der Waals surface area contributed by atoms with Crippen molar-refractivity contribution in [3.05, 3.63) is 96.1 Å². The van der Waals surface area contributed by atoms with Crippen molar-refractivity contribution in [2.24, 2.45) is 0 Å². The molecule has 30 heavy (non-hydrogen) atoms. The first-order valence-electron chi connectivity index (χ1n) is 10.4. The van der Waals surface area contributed by atoms with Crippen LogP contribution in [0.2, 0.25) is 0 Å². The number of nitrogens with zero attached hydrogens (tertiary/aromatic N) is 2. The van der Waals surface area contributed by atoms with E-state index in [9.17, 15) is 4.79 Å². The molecule has 0 radical (unpaired) electrons. The van der Waals surface area contributed by atoms with Crippen LogP contribution in [0.5, 0.6) is 0 Å². The van der Waals surface area contributed by atoms with Crippen LogP contribution in [0, 0.1) is 0 Å². The summed E-state index contributed by atoms with van der Waals surface area (Å²) in [5.74, 6) is -0.111. The Balaban J connectivity index is 1.70. The molecule has 4 heteroatoms. The van der Waals surface area contributed by atoms with Crippen molar-refractivity contribution in [1.82, 2.24) is 4.90 Å². The number of piperazine rings is 1. The van der Waals surface area contributed by atoms with E-state index >= 15 is 0 Å². The van der Waals surface area contributed by atoms with Gasteiger partial charge in [0.15, 0.2) is 0 Å². The molecule has 1 amide bonds. The monoisotopic (exact) mass is 397 g/mol. The highest BCUT2D eigenvalue weighted by atomic mass is 16.1. The molecular weight excluding hydrogens is 370 g/mol. The number of carbonyl (C=O) groups is 1. The van der Waals surface area contributed by atoms with Crippen LogP contribution in [-0.2, 0) is 4.79 Å². The second kappa shape index (κ2) is 9.42. The van der Waals surface area contributed by atoms with Gasteiger partial charge in [-0.3, -0.25) is 4.79 Å². The Morgan fingerprint density at radius 1 is 0.800 bits per heavy atom. The van der Waals surface area contributed by atoms with E-state index in [1.54, 1.807) is 0 Å². The number of likely N-dealkylation sites (N-methyl/N-ethyl adjacent to an activating group) is 1. The molecule has 0 unspecified atom stereocenters. The molecule has 1 fully saturated rings. The lowest BCUT2D eigenvalue weighted by Gasteiger charge is -2.35. The Morgan fingerprint density at radius 3 is 2.10 bits per heavy atom. The van der Waals surface area contributed by atoms with Gasteiger partial charge in [0, 0.05) is 43.1 Å². The van der Waals surface area contributed by atoms with Gasteiger partial charge >= 0.3 is 0 Å². The Labute approximate surface area is 178 Å². The molecular formula is C26H27N3O. The Hall–Kier alpha value is -3.37. The fourth-order valence-electron chi connectivity index (χ4n) is 3.72. The number of anilines is 2. The highest BCUT2D eigenvalue weighted by molar-refractivity contribution is 6.29. The van der Waals surface area contributed by atoms with Crippen molar-refractivity contribution in [2.75, 3.05) is 43.4 Å². The zero-order valence-corrected chi connectivity index (χ0v) is 17.3. The molecule has 152 valence electrons. The van der Waals surface area contributed by atoms with E-state index in [-0.39, 0.29) is 5.91 Å². The molecule has 1 heterocycles. The molecule has 3 aromatic carbocycles. The van der Waals surface area contributed by atoms with Gasteiger partial charge in [-0.05, 0) is 42.4 Å². The van der Waals surface area contributed by atoms with Crippen LogP contribution in [0.25, 0.3) is 11.6 Å². The maximum atomic E-state index is 13.2. The van der Waals surface area contributed by atoms with Crippen LogP contribution in [0.15, 0.2) is 84.9 Å². The van der Waals surface area contributed by atoms with Gasteiger partial charge in [-0.2, -0.15) is 0 Å². The first-order chi connectivity index (χ1) is 14.7. The van der Waals surface area contributed by atoms with Gasteiger partial charge in [0.05, 0.1) is 0 Å². The van der Waals surface area contributed by atoms with Crippen molar-refractivity contribution in [3.63, 3.8) is 0 Å². The Kier molecular flexibility index (Phi) is 6.26. The second-order valence-electron chi connectivity index (χ2n) is 7.59. The third-order valence-electron chi connectivity index (χ3n) is 5.44. The van der Waals surface area contributed by atoms with E-state index in [0.717, 1.165) is 43.0 Å². The molecule has 0 saturated carbocycles. The molecule has 3 aromatic rings. The maximum absolute atomic E-state index is 13.2. The first-order valence-corrected chi connectivity index (χ1v) is 10.4. The van der Waals surface area contributed by atoms with E-state index in [4.69, 9.17) is 0 Å². The fraction of sp³-hybridized carbons (Fsp3) is 0.192. The number of hydrogen-bond donors (Lipinski definition) is 1. The highest BCUT2D eigenvalue weighted by Gasteiger charge is 2.18. The lowest BCUT2D eigenvalue weighted by molar-refractivity contribution is -0.111. The summed E-state index contributed by atoms with van der Waals surface area (Å²) >= 11 is 0. The van der Waals surface area contributed by atoms with Gasteiger partial charge in [0.2, 0.25) is 0 Å². The van der Waals surface area contributed by atoms with E-state index in [1.807, 2.05) is 72.8 Å². The summed E-state index contributed by atoms with van der Waals surface area (Å²) in [6, 6.07) is 27.8. The number of carbonyl (C=O) groups excluding carboxylic acids is 1. The third-order valence-corrected chi connectivity index (χ3v) is 5.44. The largest absolute Gasteiger partial charge is 0.368 e. The van der Waals surface area contributed by atoms with E-state index in [1.165, 1.54) is 5.69 Å². The molecule has 4 rings (SSSR count). The zero-order valence-electron chi connectivity index (χ0n) is 17.3. The summed E-state index contributed by atoms with van der Waals surface area (Å²) in [4.78, 5) is 18.0. The maximum Gasteiger partial charge on any atom is 0.256 e. The molecule has 1 N–H and O–H groups in total. The summed E-state index contributed by atoms with van der Waals surface area (Å²) in [7, 11) is 2.16. The van der Waals surface area contributed by atoms with Crippen LogP contribution in [0.4, 0.5) is 11.4 Å². The minimum atomic E-state index is -0.111. The van der Waals surface area contributed by atoms with Gasteiger partial charge in [0.1, 0.15) is 0 Å². The van der Waals surface area contributed by atoms with Crippen molar-refractivity contribution < 1.29 is 4.79 Å². The van der Waals surface area contributed by atoms with E-state index in [0.29, 0.717) is 5.57 Å². The van der Waals surface area contributed by atoms with Crippen molar-refractivity contribution >= 4 is 28.9 Å². The minimum Gasteiger partial charge on any atom is -0.368 e. The number of hydrogen-bond acceptors (Lipinski definition) is 3. The Morgan fingerprint density at radius 2 is 1.40 bits per heavy atom.